The minimum absolute atomic E-state index is 0.00415. The Morgan fingerprint density at radius 2 is 2.15 bits per heavy atom. The van der Waals surface area contributed by atoms with E-state index in [1.165, 1.54) is 0 Å². The van der Waals surface area contributed by atoms with E-state index in [4.69, 9.17) is 15.2 Å². The highest BCUT2D eigenvalue weighted by atomic mass is 16.5. The summed E-state index contributed by atoms with van der Waals surface area (Å²) in [5.74, 6) is 0.923. The number of hydrogen-bond acceptors (Lipinski definition) is 6. The van der Waals surface area contributed by atoms with Crippen molar-refractivity contribution in [2.75, 3.05) is 18.9 Å². The molecule has 1 aliphatic rings. The number of aromatic nitrogens is 4. The van der Waals surface area contributed by atoms with Crippen molar-refractivity contribution in [1.82, 2.24) is 19.5 Å². The number of nitrogens with one attached hydrogen (secondary N) is 1. The van der Waals surface area contributed by atoms with Crippen molar-refractivity contribution in [2.24, 2.45) is 5.92 Å². The standard InChI is InChI=1S/C18H29N5O3/c1-3-5-12(2)26-17-21-15(19)14-16(22-17)23(18(24)20-14)9-4-6-13-7-10-25-11-8-13/h12-13H,3-11H2,1-2H3,(H,20,24)(H2,19,21,22)/t12-/m1/s1. The fourth-order valence-corrected chi connectivity index (χ4v) is 3.51. The molecule has 2 aromatic heterocycles. The second-order valence-electron chi connectivity index (χ2n) is 7.09. The Kier molecular flexibility index (Phi) is 6.13. The maximum Gasteiger partial charge on any atom is 0.327 e. The molecule has 1 saturated heterocycles. The molecule has 0 unspecified atom stereocenters. The number of nitrogens with two attached hydrogens (primary N) is 1. The number of aromatic amines is 1. The quantitative estimate of drug-likeness (QED) is 0.746. The number of nitrogen functional groups attached to an aromatic ring is 1. The van der Waals surface area contributed by atoms with Crippen molar-refractivity contribution in [3.8, 4) is 6.01 Å². The van der Waals surface area contributed by atoms with Crippen LogP contribution in [0.5, 0.6) is 6.01 Å². The van der Waals surface area contributed by atoms with E-state index < -0.39 is 0 Å². The summed E-state index contributed by atoms with van der Waals surface area (Å²) >= 11 is 0. The summed E-state index contributed by atoms with van der Waals surface area (Å²) in [6.45, 7) is 6.37. The maximum atomic E-state index is 12.3. The number of hydrogen-bond donors (Lipinski definition) is 2. The Morgan fingerprint density at radius 3 is 2.88 bits per heavy atom. The molecule has 0 aromatic carbocycles. The molecule has 1 atom stereocenters. The lowest BCUT2D eigenvalue weighted by atomic mass is 9.95. The zero-order valence-electron chi connectivity index (χ0n) is 15.7. The molecule has 0 spiro atoms. The highest BCUT2D eigenvalue weighted by molar-refractivity contribution is 5.81. The van der Waals surface area contributed by atoms with Crippen LogP contribution in [0.4, 0.5) is 5.82 Å². The van der Waals surface area contributed by atoms with Gasteiger partial charge in [0.1, 0.15) is 5.52 Å². The monoisotopic (exact) mass is 363 g/mol. The van der Waals surface area contributed by atoms with Crippen molar-refractivity contribution in [1.29, 1.82) is 0 Å². The van der Waals surface area contributed by atoms with Crippen molar-refractivity contribution in [2.45, 2.75) is 65.0 Å². The van der Waals surface area contributed by atoms with Crippen LogP contribution in [0.25, 0.3) is 11.2 Å². The molecule has 2 aromatic rings. The van der Waals surface area contributed by atoms with Crippen LogP contribution >= 0.6 is 0 Å². The van der Waals surface area contributed by atoms with Gasteiger partial charge in [-0.2, -0.15) is 9.97 Å². The first-order valence-electron chi connectivity index (χ1n) is 9.59. The summed E-state index contributed by atoms with van der Waals surface area (Å²) in [6, 6.07) is 0.230. The molecule has 3 rings (SSSR count). The van der Waals surface area contributed by atoms with Gasteiger partial charge in [0.05, 0.1) is 6.10 Å². The number of imidazole rings is 1. The topological polar surface area (TPSA) is 108 Å². The molecule has 0 aliphatic carbocycles. The van der Waals surface area contributed by atoms with Gasteiger partial charge in [-0.25, -0.2) is 4.79 Å². The molecule has 8 nitrogen and oxygen atoms in total. The smallest absolute Gasteiger partial charge is 0.327 e. The first kappa shape index (κ1) is 18.7. The van der Waals surface area contributed by atoms with Crippen LogP contribution in [-0.4, -0.2) is 38.8 Å². The van der Waals surface area contributed by atoms with E-state index in [0.29, 0.717) is 23.6 Å². The highest BCUT2D eigenvalue weighted by Gasteiger charge is 2.17. The van der Waals surface area contributed by atoms with E-state index in [1.54, 1.807) is 4.57 Å². The molecule has 3 N–H and O–H groups in total. The maximum absolute atomic E-state index is 12.3. The second kappa shape index (κ2) is 8.53. The SMILES string of the molecule is CCC[C@@H](C)Oc1nc(N)c2[nH]c(=O)n(CCCC3CCOCC3)c2n1. The van der Waals surface area contributed by atoms with Crippen molar-refractivity contribution >= 4 is 17.0 Å². The number of anilines is 1. The van der Waals surface area contributed by atoms with Gasteiger partial charge in [0.15, 0.2) is 11.5 Å². The molecule has 0 amide bonds. The molecule has 0 saturated carbocycles. The van der Waals surface area contributed by atoms with Gasteiger partial charge in [0.2, 0.25) is 0 Å². The number of ether oxygens (including phenoxy) is 2. The third kappa shape index (κ3) is 4.35. The third-order valence-electron chi connectivity index (χ3n) is 4.97. The number of rotatable bonds is 8. The fourth-order valence-electron chi connectivity index (χ4n) is 3.51. The fraction of sp³-hybridized carbons (Fsp3) is 0.722. The lowest BCUT2D eigenvalue weighted by Crippen LogP contribution is -2.20. The zero-order valence-corrected chi connectivity index (χ0v) is 15.7. The van der Waals surface area contributed by atoms with Crippen LogP contribution in [0.2, 0.25) is 0 Å². The number of nitrogens with zero attached hydrogens (tertiary/aromatic N) is 3. The molecule has 8 heteroatoms. The number of fused-ring (bicyclic) bond motifs is 1. The Balaban J connectivity index is 1.74. The second-order valence-corrected chi connectivity index (χ2v) is 7.09. The zero-order chi connectivity index (χ0) is 18.5. The van der Waals surface area contributed by atoms with Gasteiger partial charge < -0.3 is 20.2 Å². The molecule has 144 valence electrons. The number of aryl methyl sites for hydroxylation is 1. The lowest BCUT2D eigenvalue weighted by molar-refractivity contribution is 0.0629. The Hall–Kier alpha value is -2.09. The summed E-state index contributed by atoms with van der Waals surface area (Å²) in [5, 5.41) is 0. The van der Waals surface area contributed by atoms with Gasteiger partial charge in [-0.05, 0) is 44.9 Å². The highest BCUT2D eigenvalue weighted by Crippen LogP contribution is 2.22. The van der Waals surface area contributed by atoms with Gasteiger partial charge in [-0.3, -0.25) is 4.57 Å². The molecule has 1 fully saturated rings. The predicted molar refractivity (Wildman–Crippen MR) is 100 cm³/mol. The average Bonchev–Trinajstić information content (AvgIpc) is 2.93. The molecule has 1 aliphatic heterocycles. The molecule has 0 radical (unpaired) electrons. The Morgan fingerprint density at radius 1 is 1.38 bits per heavy atom. The third-order valence-corrected chi connectivity index (χ3v) is 4.97. The van der Waals surface area contributed by atoms with E-state index in [1.807, 2.05) is 6.92 Å². The van der Waals surface area contributed by atoms with Crippen molar-refractivity contribution in [3.63, 3.8) is 0 Å². The van der Waals surface area contributed by atoms with Gasteiger partial charge in [0, 0.05) is 19.8 Å². The Bertz CT molecular complexity index is 779. The van der Waals surface area contributed by atoms with Crippen LogP contribution in [0.1, 0.15) is 52.4 Å². The molecular weight excluding hydrogens is 334 g/mol. The first-order chi connectivity index (χ1) is 12.6. The van der Waals surface area contributed by atoms with E-state index in [-0.39, 0.29) is 23.6 Å². The summed E-state index contributed by atoms with van der Waals surface area (Å²) in [6.07, 6.45) is 6.14. The minimum atomic E-state index is -0.202. The van der Waals surface area contributed by atoms with Gasteiger partial charge >= 0.3 is 11.7 Å². The van der Waals surface area contributed by atoms with E-state index in [0.717, 1.165) is 51.7 Å². The summed E-state index contributed by atoms with van der Waals surface area (Å²) in [7, 11) is 0. The van der Waals surface area contributed by atoms with Crippen LogP contribution < -0.4 is 16.2 Å². The molecule has 26 heavy (non-hydrogen) atoms. The van der Waals surface area contributed by atoms with E-state index in [9.17, 15) is 4.79 Å². The van der Waals surface area contributed by atoms with Crippen LogP contribution in [0.15, 0.2) is 4.79 Å². The average molecular weight is 363 g/mol. The van der Waals surface area contributed by atoms with Gasteiger partial charge in [-0.1, -0.05) is 13.3 Å². The van der Waals surface area contributed by atoms with Gasteiger partial charge in [0.25, 0.3) is 0 Å². The molecule has 3 heterocycles. The van der Waals surface area contributed by atoms with Crippen molar-refractivity contribution in [3.05, 3.63) is 10.5 Å². The van der Waals surface area contributed by atoms with Crippen LogP contribution in [-0.2, 0) is 11.3 Å². The lowest BCUT2D eigenvalue weighted by Gasteiger charge is -2.21. The van der Waals surface area contributed by atoms with Gasteiger partial charge in [-0.15, -0.1) is 0 Å². The summed E-state index contributed by atoms with van der Waals surface area (Å²) in [5.41, 5.74) is 6.81. The van der Waals surface area contributed by atoms with Crippen LogP contribution in [0, 0.1) is 5.92 Å². The largest absolute Gasteiger partial charge is 0.460 e. The Labute approximate surface area is 153 Å². The summed E-state index contributed by atoms with van der Waals surface area (Å²) < 4.78 is 12.8. The normalized spacial score (nSPS) is 16.8. The van der Waals surface area contributed by atoms with Crippen molar-refractivity contribution < 1.29 is 9.47 Å². The van der Waals surface area contributed by atoms with E-state index >= 15 is 0 Å². The minimum Gasteiger partial charge on any atom is -0.460 e. The number of H-pyrrole nitrogens is 1. The molecular formula is C18H29N5O3. The van der Waals surface area contributed by atoms with Crippen LogP contribution in [0.3, 0.4) is 0 Å². The summed E-state index contributed by atoms with van der Waals surface area (Å²) in [4.78, 5) is 23.7. The predicted octanol–water partition coefficient (Wildman–Crippen LogP) is 2.48. The van der Waals surface area contributed by atoms with E-state index in [2.05, 4.69) is 21.9 Å². The molecule has 0 bridgehead atoms. The first-order valence-corrected chi connectivity index (χ1v) is 9.59.